The summed E-state index contributed by atoms with van der Waals surface area (Å²) in [5.41, 5.74) is 1.16. The number of hydrogen-bond acceptors (Lipinski definition) is 4. The second kappa shape index (κ2) is 9.25. The predicted molar refractivity (Wildman–Crippen MR) is 79.3 cm³/mol. The Kier molecular flexibility index (Phi) is 7.57. The number of amides is 1. The Balaban J connectivity index is 2.17. The van der Waals surface area contributed by atoms with Gasteiger partial charge in [-0.05, 0) is 24.1 Å². The molecule has 1 amide bonds. The molecule has 0 aliphatic carbocycles. The molecule has 0 bridgehead atoms. The van der Waals surface area contributed by atoms with Crippen LogP contribution in [0.15, 0.2) is 24.3 Å². The summed E-state index contributed by atoms with van der Waals surface area (Å²) in [6.45, 7) is 2.46. The lowest BCUT2D eigenvalue weighted by molar-refractivity contribution is -0.133. The van der Waals surface area contributed by atoms with Gasteiger partial charge in [0.25, 0.3) is 5.91 Å². The topological polar surface area (TPSA) is 75.6 Å². The summed E-state index contributed by atoms with van der Waals surface area (Å²) < 4.78 is 5.39. The first-order valence-corrected chi connectivity index (χ1v) is 7.55. The van der Waals surface area contributed by atoms with E-state index in [-0.39, 0.29) is 18.3 Å². The molecule has 0 heterocycles. The van der Waals surface area contributed by atoms with Gasteiger partial charge in [-0.1, -0.05) is 19.1 Å². The molecule has 1 aromatic rings. The van der Waals surface area contributed by atoms with Crippen LogP contribution in [-0.4, -0.2) is 41.6 Å². The number of carbonyl (C=O) groups is 2. The summed E-state index contributed by atoms with van der Waals surface area (Å²) in [4.78, 5) is 21.8. The molecule has 0 saturated carbocycles. The smallest absolute Gasteiger partial charge is 0.313 e. The third-order valence-electron chi connectivity index (χ3n) is 2.47. The van der Waals surface area contributed by atoms with E-state index in [1.165, 1.54) is 11.8 Å². The van der Waals surface area contributed by atoms with Gasteiger partial charge in [-0.25, -0.2) is 0 Å². The zero-order valence-electron chi connectivity index (χ0n) is 11.4. The Morgan fingerprint density at radius 3 is 2.90 bits per heavy atom. The lowest BCUT2D eigenvalue weighted by Crippen LogP contribution is -2.30. The fourth-order valence-electron chi connectivity index (χ4n) is 1.48. The molecular formula is C14H19NO4S. The zero-order valence-corrected chi connectivity index (χ0v) is 12.2. The zero-order chi connectivity index (χ0) is 14.8. The quantitative estimate of drug-likeness (QED) is 0.677. The molecular weight excluding hydrogens is 278 g/mol. The highest BCUT2D eigenvalue weighted by molar-refractivity contribution is 7.99. The van der Waals surface area contributed by atoms with Crippen molar-refractivity contribution in [3.63, 3.8) is 0 Å². The summed E-state index contributed by atoms with van der Waals surface area (Å²) in [7, 11) is 0. The summed E-state index contributed by atoms with van der Waals surface area (Å²) in [6, 6.07) is 7.63. The normalized spacial score (nSPS) is 10.1. The van der Waals surface area contributed by atoms with Crippen molar-refractivity contribution >= 4 is 23.6 Å². The average Bonchev–Trinajstić information content (AvgIpc) is 2.44. The Hall–Kier alpha value is -1.69. The van der Waals surface area contributed by atoms with Gasteiger partial charge in [0, 0.05) is 12.3 Å². The molecule has 0 aromatic heterocycles. The van der Waals surface area contributed by atoms with Crippen molar-refractivity contribution in [2.75, 3.05) is 24.7 Å². The van der Waals surface area contributed by atoms with E-state index in [2.05, 4.69) is 12.2 Å². The number of carboxylic acids is 1. The molecule has 0 saturated heterocycles. The minimum Gasteiger partial charge on any atom is -0.484 e. The van der Waals surface area contributed by atoms with E-state index < -0.39 is 5.97 Å². The van der Waals surface area contributed by atoms with Crippen molar-refractivity contribution < 1.29 is 19.4 Å². The second-order valence-corrected chi connectivity index (χ2v) is 5.19. The van der Waals surface area contributed by atoms with Crippen LogP contribution in [0.2, 0.25) is 0 Å². The number of hydrogen-bond donors (Lipinski definition) is 2. The number of aliphatic carboxylic acids is 1. The number of ether oxygens (including phenoxy) is 1. The van der Waals surface area contributed by atoms with Crippen LogP contribution in [0.5, 0.6) is 5.75 Å². The van der Waals surface area contributed by atoms with E-state index in [0.717, 1.165) is 12.0 Å². The van der Waals surface area contributed by atoms with Gasteiger partial charge in [-0.15, -0.1) is 11.8 Å². The van der Waals surface area contributed by atoms with Crippen molar-refractivity contribution in [2.24, 2.45) is 0 Å². The molecule has 110 valence electrons. The lowest BCUT2D eigenvalue weighted by atomic mass is 10.2. The Bertz CT molecular complexity index is 451. The van der Waals surface area contributed by atoms with Gasteiger partial charge in [-0.2, -0.15) is 0 Å². The van der Waals surface area contributed by atoms with Gasteiger partial charge in [0.15, 0.2) is 6.61 Å². The van der Waals surface area contributed by atoms with E-state index in [4.69, 9.17) is 9.84 Å². The third kappa shape index (κ3) is 7.04. The number of thioether (sulfide) groups is 1. The Labute approximate surface area is 122 Å². The van der Waals surface area contributed by atoms with Gasteiger partial charge >= 0.3 is 5.97 Å². The Morgan fingerprint density at radius 2 is 2.20 bits per heavy atom. The molecule has 0 fully saturated rings. The fourth-order valence-corrected chi connectivity index (χ4v) is 2.04. The molecule has 0 atom stereocenters. The molecule has 0 aliphatic heterocycles. The monoisotopic (exact) mass is 297 g/mol. The van der Waals surface area contributed by atoms with E-state index in [9.17, 15) is 9.59 Å². The molecule has 1 rings (SSSR count). The summed E-state index contributed by atoms with van der Waals surface area (Å²) in [6.07, 6.45) is 0.921. The van der Waals surface area contributed by atoms with Crippen LogP contribution in [0, 0.1) is 0 Å². The number of carboxylic acid groups (broad SMARTS) is 1. The Morgan fingerprint density at radius 1 is 1.40 bits per heavy atom. The fraction of sp³-hybridized carbons (Fsp3) is 0.429. The SMILES string of the molecule is CCc1cccc(OCC(=O)NCCSCC(=O)O)c1. The van der Waals surface area contributed by atoms with Crippen molar-refractivity contribution in [3.05, 3.63) is 29.8 Å². The van der Waals surface area contributed by atoms with E-state index in [1.807, 2.05) is 24.3 Å². The van der Waals surface area contributed by atoms with Crippen molar-refractivity contribution in [3.8, 4) is 5.75 Å². The molecule has 2 N–H and O–H groups in total. The number of aryl methyl sites for hydroxylation is 1. The minimum atomic E-state index is -0.847. The summed E-state index contributed by atoms with van der Waals surface area (Å²) in [5, 5.41) is 11.1. The van der Waals surface area contributed by atoms with Crippen molar-refractivity contribution in [1.29, 1.82) is 0 Å². The van der Waals surface area contributed by atoms with E-state index in [1.54, 1.807) is 0 Å². The molecule has 0 radical (unpaired) electrons. The molecule has 0 unspecified atom stereocenters. The van der Waals surface area contributed by atoms with Gasteiger partial charge in [0.05, 0.1) is 5.75 Å². The standard InChI is InChI=1S/C14H19NO4S/c1-2-11-4-3-5-12(8-11)19-9-13(16)15-6-7-20-10-14(17)18/h3-5,8H,2,6-7,9-10H2,1H3,(H,15,16)(H,17,18). The second-order valence-electron chi connectivity index (χ2n) is 4.09. The average molecular weight is 297 g/mol. The van der Waals surface area contributed by atoms with Crippen molar-refractivity contribution in [2.45, 2.75) is 13.3 Å². The van der Waals surface area contributed by atoms with Crippen LogP contribution in [0.4, 0.5) is 0 Å². The maximum absolute atomic E-state index is 11.5. The van der Waals surface area contributed by atoms with Crippen molar-refractivity contribution in [1.82, 2.24) is 5.32 Å². The lowest BCUT2D eigenvalue weighted by Gasteiger charge is -2.08. The van der Waals surface area contributed by atoms with Crippen LogP contribution in [0.3, 0.4) is 0 Å². The largest absolute Gasteiger partial charge is 0.484 e. The maximum atomic E-state index is 11.5. The highest BCUT2D eigenvalue weighted by Crippen LogP contribution is 2.13. The number of rotatable bonds is 9. The molecule has 1 aromatic carbocycles. The third-order valence-corrected chi connectivity index (χ3v) is 3.41. The van der Waals surface area contributed by atoms with Gasteiger partial charge in [-0.3, -0.25) is 9.59 Å². The van der Waals surface area contributed by atoms with Crippen LogP contribution in [0.1, 0.15) is 12.5 Å². The summed E-state index contributed by atoms with van der Waals surface area (Å²) >= 11 is 1.27. The molecule has 6 heteroatoms. The molecule has 0 spiro atoms. The number of benzene rings is 1. The predicted octanol–water partition coefficient (Wildman–Crippen LogP) is 1.56. The van der Waals surface area contributed by atoms with Crippen LogP contribution < -0.4 is 10.1 Å². The number of carbonyl (C=O) groups excluding carboxylic acids is 1. The first kappa shape index (κ1) is 16.4. The van der Waals surface area contributed by atoms with E-state index in [0.29, 0.717) is 18.0 Å². The molecule has 5 nitrogen and oxygen atoms in total. The first-order valence-electron chi connectivity index (χ1n) is 6.39. The minimum absolute atomic E-state index is 0.0310. The van der Waals surface area contributed by atoms with Crippen LogP contribution in [-0.2, 0) is 16.0 Å². The number of nitrogens with one attached hydrogen (secondary N) is 1. The van der Waals surface area contributed by atoms with Crippen LogP contribution in [0.25, 0.3) is 0 Å². The molecule has 20 heavy (non-hydrogen) atoms. The van der Waals surface area contributed by atoms with Gasteiger partial charge < -0.3 is 15.2 Å². The van der Waals surface area contributed by atoms with Crippen LogP contribution >= 0.6 is 11.8 Å². The maximum Gasteiger partial charge on any atom is 0.313 e. The highest BCUT2D eigenvalue weighted by atomic mass is 32.2. The first-order chi connectivity index (χ1) is 9.61. The van der Waals surface area contributed by atoms with Gasteiger partial charge in [0.2, 0.25) is 0 Å². The highest BCUT2D eigenvalue weighted by Gasteiger charge is 2.03. The van der Waals surface area contributed by atoms with Gasteiger partial charge in [0.1, 0.15) is 5.75 Å². The van der Waals surface area contributed by atoms with E-state index >= 15 is 0 Å². The summed E-state index contributed by atoms with van der Waals surface area (Å²) in [5.74, 6) is 0.252. The molecule has 0 aliphatic rings.